The molecule has 0 saturated heterocycles. The molecule has 0 unspecified atom stereocenters. The summed E-state index contributed by atoms with van der Waals surface area (Å²) >= 11 is 7.33. The minimum atomic E-state index is -0.828. The normalized spacial score (nSPS) is 17.1. The molecule has 6 heterocycles. The van der Waals surface area contributed by atoms with Crippen LogP contribution in [0, 0.1) is 27.7 Å². The van der Waals surface area contributed by atoms with Crippen LogP contribution in [0.2, 0.25) is 0 Å². The van der Waals surface area contributed by atoms with Crippen LogP contribution in [0.4, 0.5) is 0 Å². The summed E-state index contributed by atoms with van der Waals surface area (Å²) in [7, 11) is 0. The summed E-state index contributed by atoms with van der Waals surface area (Å²) in [5.74, 6) is 0. The molecule has 1 aliphatic carbocycles. The van der Waals surface area contributed by atoms with Crippen LogP contribution in [-0.4, -0.2) is 0 Å². The lowest BCUT2D eigenvalue weighted by Gasteiger charge is -2.53. The van der Waals surface area contributed by atoms with E-state index in [1.807, 2.05) is 22.7 Å². The van der Waals surface area contributed by atoms with Crippen molar-refractivity contribution < 1.29 is 9.78 Å². The van der Waals surface area contributed by atoms with Gasteiger partial charge in [-0.15, -0.1) is 45.3 Å². The summed E-state index contributed by atoms with van der Waals surface area (Å²) in [6, 6.07) is 71.5. The quantitative estimate of drug-likeness (QED) is 0.129. The zero-order valence-corrected chi connectivity index (χ0v) is 42.2. The predicted molar refractivity (Wildman–Crippen MR) is 301 cm³/mol. The third kappa shape index (κ3) is 6.28. The van der Waals surface area contributed by atoms with Gasteiger partial charge in [-0.3, -0.25) is 0 Å². The standard InChI is InChI=1S/C32H22O2S2.C32H22S2/c1-19-11-13-29(35-19)31-25-15-21-7-3-5-9-23(21)17-27(25)32(34-33-31,30-14-12-20(2)36-30)28-18-24-10-6-4-8-22(24)16-26(28)31;1-19-11-13-29(33-19)31-25-15-21-7-3-5-9-23(21)17-27(25)32(30-14-12-20(2)34-30)28-18-24-10-6-4-8-22(24)16-26(28)31/h3-18H,1-2H3;3-18H,1-2H3. The maximum Gasteiger partial charge on any atom is 0.188 e. The molecule has 2 nitrogen and oxygen atoms in total. The Labute approximate surface area is 422 Å². The zero-order valence-electron chi connectivity index (χ0n) is 38.9. The van der Waals surface area contributed by atoms with E-state index >= 15 is 0 Å². The van der Waals surface area contributed by atoms with Crippen molar-refractivity contribution in [2.45, 2.75) is 38.9 Å². The molecule has 70 heavy (non-hydrogen) atoms. The zero-order chi connectivity index (χ0) is 46.9. The van der Waals surface area contributed by atoms with E-state index in [9.17, 15) is 0 Å². The van der Waals surface area contributed by atoms with Crippen LogP contribution in [0.25, 0.3) is 85.5 Å². The average Bonchev–Trinajstić information content (AvgIpc) is 4.23. The van der Waals surface area contributed by atoms with E-state index in [4.69, 9.17) is 9.78 Å². The van der Waals surface area contributed by atoms with Crippen LogP contribution in [0.15, 0.2) is 194 Å². The molecule has 0 fully saturated rings. The largest absolute Gasteiger partial charge is 0.213 e. The molecule has 6 heteroatoms. The summed E-state index contributed by atoms with van der Waals surface area (Å²) in [6.07, 6.45) is 0. The van der Waals surface area contributed by atoms with Crippen molar-refractivity contribution in [3.05, 3.63) is 246 Å². The molecule has 0 N–H and O–H groups in total. The molecule has 0 atom stereocenters. The van der Waals surface area contributed by atoms with Gasteiger partial charge in [0.05, 0.1) is 0 Å². The average molecular weight is 973 g/mol. The third-order valence-electron chi connectivity index (χ3n) is 14.6. The maximum absolute atomic E-state index is 6.70. The number of fused-ring (bicyclic) bond motifs is 7. The molecule has 0 amide bonds. The molecular formula is C64H44O2S4. The highest BCUT2D eigenvalue weighted by Gasteiger charge is 2.62. The number of benzene rings is 9. The maximum atomic E-state index is 6.70. The number of thiophene rings is 4. The molecule has 0 spiro atoms. The molecule has 13 aromatic rings. The molecule has 0 radical (unpaired) electrons. The smallest absolute Gasteiger partial charge is 0.188 e. The van der Waals surface area contributed by atoms with Crippen molar-refractivity contribution in [2.75, 3.05) is 0 Å². The number of hydrogen-bond acceptors (Lipinski definition) is 6. The van der Waals surface area contributed by atoms with Crippen molar-refractivity contribution in [3.8, 4) is 20.9 Å². The fraction of sp³-hybridized carbons (Fsp3) is 0.0938. The molecule has 3 aliphatic rings. The van der Waals surface area contributed by atoms with Gasteiger partial charge in [-0.25, -0.2) is 9.78 Å². The van der Waals surface area contributed by atoms with Gasteiger partial charge in [0.25, 0.3) is 0 Å². The summed E-state index contributed by atoms with van der Waals surface area (Å²) in [5.41, 5.74) is 5.74. The molecule has 16 rings (SSSR count). The lowest BCUT2D eigenvalue weighted by atomic mass is 9.64. The Balaban J connectivity index is 0.000000131. The highest BCUT2D eigenvalue weighted by molar-refractivity contribution is 7.16. The van der Waals surface area contributed by atoms with E-state index in [1.54, 1.807) is 22.7 Å². The van der Waals surface area contributed by atoms with Crippen molar-refractivity contribution in [1.29, 1.82) is 0 Å². The lowest BCUT2D eigenvalue weighted by Crippen LogP contribution is -2.53. The first-order valence-corrected chi connectivity index (χ1v) is 27.0. The third-order valence-corrected chi connectivity index (χ3v) is 18.8. The van der Waals surface area contributed by atoms with E-state index in [0.29, 0.717) is 0 Å². The van der Waals surface area contributed by atoms with Crippen LogP contribution in [0.1, 0.15) is 51.5 Å². The lowest BCUT2D eigenvalue weighted by molar-refractivity contribution is -0.408. The van der Waals surface area contributed by atoms with Crippen LogP contribution in [-0.2, 0) is 21.0 Å². The van der Waals surface area contributed by atoms with Crippen LogP contribution < -0.4 is 0 Å². The topological polar surface area (TPSA) is 18.5 Å². The summed E-state index contributed by atoms with van der Waals surface area (Å²) in [4.78, 5) is 23.6. The SMILES string of the molecule is Cc1ccc(-c2c3cc4ccccc4cc3c(-c3ccc(C)s3)c3cc4ccccc4cc23)s1.Cc1ccc(C23OOC(c4ccc(C)s4)(c4cc5ccccc5cc42)c2cc4ccccc4cc23)s1. The van der Waals surface area contributed by atoms with Crippen molar-refractivity contribution in [2.24, 2.45) is 0 Å². The van der Waals surface area contributed by atoms with Crippen LogP contribution in [0.3, 0.4) is 0 Å². The van der Waals surface area contributed by atoms with Crippen LogP contribution in [0.5, 0.6) is 0 Å². The summed E-state index contributed by atoms with van der Waals surface area (Å²) in [6.45, 7) is 8.70. The Morgan fingerprint density at radius 2 is 0.543 bits per heavy atom. The fourth-order valence-corrected chi connectivity index (χ4v) is 15.3. The van der Waals surface area contributed by atoms with Crippen molar-refractivity contribution >= 4 is 110 Å². The molecule has 336 valence electrons. The second kappa shape index (κ2) is 15.9. The Morgan fingerprint density at radius 3 is 0.786 bits per heavy atom. The minimum absolute atomic E-state index is 0.828. The van der Waals surface area contributed by atoms with Crippen LogP contribution >= 0.6 is 45.3 Å². The van der Waals surface area contributed by atoms with Gasteiger partial charge in [0.15, 0.2) is 11.2 Å². The summed E-state index contributed by atoms with van der Waals surface area (Å²) < 4.78 is 0. The first-order chi connectivity index (χ1) is 34.2. The number of aryl methyl sites for hydroxylation is 4. The van der Waals surface area contributed by atoms with Gasteiger partial charge in [-0.05, 0) is 189 Å². The van der Waals surface area contributed by atoms with E-state index in [0.717, 1.165) is 9.75 Å². The van der Waals surface area contributed by atoms with Gasteiger partial charge < -0.3 is 0 Å². The Kier molecular flexibility index (Phi) is 9.57. The van der Waals surface area contributed by atoms with E-state index < -0.39 is 11.2 Å². The Hall–Kier alpha value is -6.74. The highest BCUT2D eigenvalue weighted by Crippen LogP contribution is 2.64. The molecular weight excluding hydrogens is 929 g/mol. The fourth-order valence-electron chi connectivity index (χ4n) is 11.4. The molecule has 2 bridgehead atoms. The van der Waals surface area contributed by atoms with Gasteiger partial charge in [0.2, 0.25) is 0 Å². The molecule has 9 aromatic carbocycles. The highest BCUT2D eigenvalue weighted by atomic mass is 32.1. The van der Waals surface area contributed by atoms with Gasteiger partial charge in [0.1, 0.15) is 0 Å². The van der Waals surface area contributed by atoms with Gasteiger partial charge in [0, 0.05) is 72.4 Å². The first-order valence-electron chi connectivity index (χ1n) is 23.8. The van der Waals surface area contributed by atoms with Gasteiger partial charge in [-0.1, -0.05) is 97.1 Å². The molecule has 2 aliphatic heterocycles. The summed E-state index contributed by atoms with van der Waals surface area (Å²) in [5, 5.41) is 15.3. The molecule has 4 aromatic heterocycles. The Bertz CT molecular complexity index is 3820. The predicted octanol–water partition coefficient (Wildman–Crippen LogP) is 19.0. The van der Waals surface area contributed by atoms with Gasteiger partial charge in [-0.2, -0.15) is 0 Å². The van der Waals surface area contributed by atoms with Gasteiger partial charge >= 0.3 is 0 Å². The van der Waals surface area contributed by atoms with Crippen molar-refractivity contribution in [3.63, 3.8) is 0 Å². The minimum Gasteiger partial charge on any atom is -0.213 e. The molecule has 0 saturated carbocycles. The number of hydrogen-bond donors (Lipinski definition) is 0. The second-order valence-corrected chi connectivity index (χ2v) is 24.1. The van der Waals surface area contributed by atoms with E-state index in [1.165, 1.54) is 127 Å². The first kappa shape index (κ1) is 42.2. The van der Waals surface area contributed by atoms with E-state index in [-0.39, 0.29) is 0 Å². The van der Waals surface area contributed by atoms with E-state index in [2.05, 4.69) is 222 Å². The monoisotopic (exact) mass is 972 g/mol. The Morgan fingerprint density at radius 1 is 0.286 bits per heavy atom. The number of rotatable bonds is 4. The second-order valence-electron chi connectivity index (χ2n) is 18.9. The van der Waals surface area contributed by atoms with Crippen molar-refractivity contribution in [1.82, 2.24) is 0 Å².